The fourth-order valence-electron chi connectivity index (χ4n) is 12.0. The first-order chi connectivity index (χ1) is 46.9. The van der Waals surface area contributed by atoms with E-state index in [1.165, 1.54) is 225 Å². The number of phosphoric acid groups is 2. The molecular weight excluding hydrogens is 1270 g/mol. The second-order valence-corrected chi connectivity index (χ2v) is 31.7. The third-order valence-electron chi connectivity index (χ3n) is 18.6. The SMILES string of the molecule is CCCCCCCCCCCCCCCC(=O)O[C@H](COC(=O)CCCCCCCCCCCCC)COP(=O)(O)OC[C@H](O)COP(=O)(O)OC[C@@H](COC(=O)CCCCCCCCCCCCC(C)CC)OC(=O)CCCCCCCCCCCCCCCCCCC(C)C. The molecular formula is C78H152O17P2. The van der Waals surface area contributed by atoms with Crippen LogP contribution >= 0.6 is 15.6 Å². The van der Waals surface area contributed by atoms with E-state index in [0.29, 0.717) is 25.7 Å². The van der Waals surface area contributed by atoms with Crippen LogP contribution in [0.5, 0.6) is 0 Å². The molecule has 6 atom stereocenters. The van der Waals surface area contributed by atoms with Crippen molar-refractivity contribution >= 4 is 39.5 Å². The van der Waals surface area contributed by atoms with Gasteiger partial charge >= 0.3 is 39.5 Å². The second kappa shape index (κ2) is 69.8. The van der Waals surface area contributed by atoms with Crippen molar-refractivity contribution in [1.82, 2.24) is 0 Å². The van der Waals surface area contributed by atoms with Gasteiger partial charge in [-0.05, 0) is 37.5 Å². The van der Waals surface area contributed by atoms with E-state index in [1.807, 2.05) is 0 Å². The van der Waals surface area contributed by atoms with Crippen LogP contribution in [0, 0.1) is 11.8 Å². The van der Waals surface area contributed by atoms with Crippen molar-refractivity contribution in [2.75, 3.05) is 39.6 Å². The number of hydrogen-bond donors (Lipinski definition) is 3. The van der Waals surface area contributed by atoms with Crippen LogP contribution in [0.25, 0.3) is 0 Å². The number of carbonyl (C=O) groups is 4. The van der Waals surface area contributed by atoms with Gasteiger partial charge in [-0.25, -0.2) is 9.13 Å². The van der Waals surface area contributed by atoms with E-state index in [9.17, 15) is 43.2 Å². The molecule has 0 aromatic rings. The molecule has 0 spiro atoms. The molecule has 19 heteroatoms. The third-order valence-corrected chi connectivity index (χ3v) is 20.5. The van der Waals surface area contributed by atoms with Crippen molar-refractivity contribution in [3.05, 3.63) is 0 Å². The normalized spacial score (nSPS) is 14.2. The van der Waals surface area contributed by atoms with Crippen LogP contribution in [-0.4, -0.2) is 96.7 Å². The van der Waals surface area contributed by atoms with Gasteiger partial charge in [-0.1, -0.05) is 356 Å². The number of aliphatic hydroxyl groups excluding tert-OH is 1. The fraction of sp³-hybridized carbons (Fsp3) is 0.949. The Hall–Kier alpha value is -1.94. The van der Waals surface area contributed by atoms with E-state index in [0.717, 1.165) is 102 Å². The summed E-state index contributed by atoms with van der Waals surface area (Å²) in [4.78, 5) is 72.9. The number of rotatable bonds is 77. The number of carbonyl (C=O) groups excluding carboxylic acids is 4. The molecule has 3 unspecified atom stereocenters. The molecule has 0 fully saturated rings. The predicted molar refractivity (Wildman–Crippen MR) is 395 cm³/mol. The van der Waals surface area contributed by atoms with Crippen LogP contribution in [0.2, 0.25) is 0 Å². The molecule has 0 amide bonds. The van der Waals surface area contributed by atoms with E-state index < -0.39 is 97.5 Å². The zero-order chi connectivity index (χ0) is 71.4. The third kappa shape index (κ3) is 70.9. The van der Waals surface area contributed by atoms with Gasteiger partial charge in [0.1, 0.15) is 19.3 Å². The lowest BCUT2D eigenvalue weighted by Gasteiger charge is -2.21. The van der Waals surface area contributed by atoms with E-state index in [-0.39, 0.29) is 25.7 Å². The van der Waals surface area contributed by atoms with Crippen molar-refractivity contribution in [3.8, 4) is 0 Å². The van der Waals surface area contributed by atoms with Crippen molar-refractivity contribution < 1.29 is 80.2 Å². The van der Waals surface area contributed by atoms with E-state index in [1.54, 1.807) is 0 Å². The van der Waals surface area contributed by atoms with Gasteiger partial charge in [-0.3, -0.25) is 37.3 Å². The summed E-state index contributed by atoms with van der Waals surface area (Å²) in [6, 6.07) is 0. The molecule has 3 N–H and O–H groups in total. The zero-order valence-electron chi connectivity index (χ0n) is 63.4. The molecule has 576 valence electrons. The van der Waals surface area contributed by atoms with Gasteiger partial charge in [0, 0.05) is 25.7 Å². The monoisotopic (exact) mass is 1420 g/mol. The Bertz CT molecular complexity index is 1870. The minimum atomic E-state index is -4.96. The fourth-order valence-corrected chi connectivity index (χ4v) is 13.6. The molecule has 97 heavy (non-hydrogen) atoms. The average molecular weight is 1420 g/mol. The molecule has 0 aliphatic rings. The molecule has 0 saturated heterocycles. The lowest BCUT2D eigenvalue weighted by molar-refractivity contribution is -0.161. The standard InChI is InChI=1S/C78H152O17P2/c1-7-10-12-14-16-18-20-25-30-38-44-50-56-62-77(82)94-73(66-88-75(80)60-54-48-42-36-28-19-17-15-13-11-8-2)68-92-96(84,85)90-64-72(79)65-91-97(86,87)93-69-74(67-89-76(81)61-55-49-43-37-33-32-35-41-47-53-59-71(6)9-3)95-78(83)63-57-51-45-39-31-27-24-22-21-23-26-29-34-40-46-52-58-70(4)5/h70-74,79H,7-69H2,1-6H3,(H,84,85)(H,86,87)/t71?,72-,73+,74+/m0/s1. The Kier molecular flexibility index (Phi) is 68.4. The van der Waals surface area contributed by atoms with E-state index in [4.69, 9.17) is 37.0 Å². The summed E-state index contributed by atoms with van der Waals surface area (Å²) >= 11 is 0. The number of aliphatic hydroxyl groups is 1. The smallest absolute Gasteiger partial charge is 0.462 e. The number of hydrogen-bond acceptors (Lipinski definition) is 15. The van der Waals surface area contributed by atoms with Gasteiger partial charge in [0.15, 0.2) is 12.2 Å². The van der Waals surface area contributed by atoms with Crippen LogP contribution in [0.15, 0.2) is 0 Å². The van der Waals surface area contributed by atoms with Gasteiger partial charge in [0.05, 0.1) is 26.4 Å². The molecule has 0 aromatic carbocycles. The maximum absolute atomic E-state index is 13.1. The van der Waals surface area contributed by atoms with Crippen molar-refractivity contribution in [2.45, 2.75) is 426 Å². The Labute approximate surface area is 594 Å². The summed E-state index contributed by atoms with van der Waals surface area (Å²) in [6.07, 6.45) is 58.0. The average Bonchev–Trinajstić information content (AvgIpc) is 1.29. The Morgan fingerprint density at radius 3 is 0.784 bits per heavy atom. The highest BCUT2D eigenvalue weighted by Gasteiger charge is 2.30. The summed E-state index contributed by atoms with van der Waals surface area (Å²) in [7, 11) is -9.91. The highest BCUT2D eigenvalue weighted by atomic mass is 31.2. The molecule has 0 aromatic heterocycles. The molecule has 0 radical (unpaired) electrons. The largest absolute Gasteiger partial charge is 0.472 e. The summed E-state index contributed by atoms with van der Waals surface area (Å²) in [5.74, 6) is -0.492. The van der Waals surface area contributed by atoms with Crippen LogP contribution in [0.1, 0.15) is 408 Å². The number of phosphoric ester groups is 2. The van der Waals surface area contributed by atoms with Crippen molar-refractivity contribution in [3.63, 3.8) is 0 Å². The first-order valence-corrected chi connectivity index (χ1v) is 43.5. The highest BCUT2D eigenvalue weighted by Crippen LogP contribution is 2.45. The number of esters is 4. The quantitative estimate of drug-likeness (QED) is 0.0222. The second-order valence-electron chi connectivity index (χ2n) is 28.8. The predicted octanol–water partition coefficient (Wildman–Crippen LogP) is 23.1. The van der Waals surface area contributed by atoms with Crippen LogP contribution in [0.4, 0.5) is 0 Å². The van der Waals surface area contributed by atoms with E-state index >= 15 is 0 Å². The van der Waals surface area contributed by atoms with Crippen molar-refractivity contribution in [2.24, 2.45) is 11.8 Å². The Morgan fingerprint density at radius 2 is 0.526 bits per heavy atom. The molecule has 0 rings (SSSR count). The molecule has 0 heterocycles. The first-order valence-electron chi connectivity index (χ1n) is 40.5. The zero-order valence-corrected chi connectivity index (χ0v) is 65.2. The molecule has 0 aliphatic heterocycles. The van der Waals surface area contributed by atoms with Gasteiger partial charge in [-0.15, -0.1) is 0 Å². The summed E-state index contributed by atoms with van der Waals surface area (Å²) in [5, 5.41) is 10.6. The summed E-state index contributed by atoms with van der Waals surface area (Å²) in [6.45, 7) is 9.67. The highest BCUT2D eigenvalue weighted by molar-refractivity contribution is 7.47. The minimum Gasteiger partial charge on any atom is -0.462 e. The summed E-state index contributed by atoms with van der Waals surface area (Å²) < 4.78 is 68.6. The van der Waals surface area contributed by atoms with Crippen molar-refractivity contribution in [1.29, 1.82) is 0 Å². The van der Waals surface area contributed by atoms with Gasteiger partial charge < -0.3 is 33.8 Å². The van der Waals surface area contributed by atoms with Gasteiger partial charge in [0.25, 0.3) is 0 Å². The van der Waals surface area contributed by atoms with Crippen LogP contribution < -0.4 is 0 Å². The number of unbranched alkanes of at least 4 members (excludes halogenated alkanes) is 46. The topological polar surface area (TPSA) is 237 Å². The van der Waals surface area contributed by atoms with E-state index in [2.05, 4.69) is 41.5 Å². The van der Waals surface area contributed by atoms with Gasteiger partial charge in [0.2, 0.25) is 0 Å². The van der Waals surface area contributed by atoms with Gasteiger partial charge in [-0.2, -0.15) is 0 Å². The lowest BCUT2D eigenvalue weighted by atomic mass is 9.99. The maximum Gasteiger partial charge on any atom is 0.472 e. The molecule has 0 bridgehead atoms. The van der Waals surface area contributed by atoms with Crippen LogP contribution in [0.3, 0.4) is 0 Å². The lowest BCUT2D eigenvalue weighted by Crippen LogP contribution is -2.30. The van der Waals surface area contributed by atoms with Crippen LogP contribution in [-0.2, 0) is 65.4 Å². The summed E-state index contributed by atoms with van der Waals surface area (Å²) in [5.41, 5.74) is 0. The maximum atomic E-state index is 13.1. The Morgan fingerprint density at radius 1 is 0.299 bits per heavy atom. The molecule has 17 nitrogen and oxygen atoms in total. The molecule has 0 saturated carbocycles. The minimum absolute atomic E-state index is 0.108. The Balaban J connectivity index is 5.24. The number of ether oxygens (including phenoxy) is 4. The molecule has 0 aliphatic carbocycles. The first kappa shape index (κ1) is 95.1.